The van der Waals surface area contributed by atoms with Crippen LogP contribution >= 0.6 is 0 Å². The Hall–Kier alpha value is -3.59. The Labute approximate surface area is 191 Å². The normalized spacial score (nSPS) is 15.8. The van der Waals surface area contributed by atoms with Crippen molar-refractivity contribution in [1.29, 1.82) is 0 Å². The van der Waals surface area contributed by atoms with Crippen LogP contribution in [0.5, 0.6) is 0 Å². The third kappa shape index (κ3) is 5.00. The second kappa shape index (κ2) is 10.1. The van der Waals surface area contributed by atoms with E-state index in [-0.39, 0.29) is 6.04 Å². The monoisotopic (exact) mass is 422 g/mol. The largest absolute Gasteiger partial charge is 0.383 e. The predicted molar refractivity (Wildman–Crippen MR) is 131 cm³/mol. The predicted octanol–water partition coefficient (Wildman–Crippen LogP) is 5.30. The molecule has 3 aromatic rings. The molecule has 1 aliphatic heterocycles. The van der Waals surface area contributed by atoms with Crippen LogP contribution in [0, 0.1) is 0 Å². The summed E-state index contributed by atoms with van der Waals surface area (Å²) in [5, 5.41) is 3.59. The summed E-state index contributed by atoms with van der Waals surface area (Å²) in [7, 11) is 0. The summed E-state index contributed by atoms with van der Waals surface area (Å²) in [6, 6.07) is 31.0. The minimum absolute atomic E-state index is 0.0429. The van der Waals surface area contributed by atoms with E-state index in [0.717, 1.165) is 29.7 Å². The first-order chi connectivity index (χ1) is 15.7. The fourth-order valence-corrected chi connectivity index (χ4v) is 4.49. The summed E-state index contributed by atoms with van der Waals surface area (Å²) in [6.07, 6.45) is 8.67. The lowest BCUT2D eigenvalue weighted by atomic mass is 9.82. The molecule has 162 valence electrons. The Bertz CT molecular complexity index is 1020. The van der Waals surface area contributed by atoms with E-state index in [1.54, 1.807) is 0 Å². The second-order valence-electron chi connectivity index (χ2n) is 8.43. The number of nitrogens with zero attached hydrogens (tertiary/aromatic N) is 1. The Morgan fingerprint density at radius 2 is 1.31 bits per heavy atom. The summed E-state index contributed by atoms with van der Waals surface area (Å²) in [4.78, 5) is 15.1. The molecule has 1 heterocycles. The number of carbonyl (C=O) groups is 1. The minimum atomic E-state index is -0.688. The molecule has 3 nitrogen and oxygen atoms in total. The molecule has 1 atom stereocenters. The number of benzene rings is 3. The van der Waals surface area contributed by atoms with E-state index >= 15 is 0 Å². The van der Waals surface area contributed by atoms with E-state index in [4.69, 9.17) is 0 Å². The van der Waals surface area contributed by atoms with E-state index in [1.807, 2.05) is 48.5 Å². The lowest BCUT2D eigenvalue weighted by molar-refractivity contribution is -0.118. The summed E-state index contributed by atoms with van der Waals surface area (Å²) in [5.41, 5.74) is 3.97. The van der Waals surface area contributed by atoms with Gasteiger partial charge in [0.2, 0.25) is 0 Å². The van der Waals surface area contributed by atoms with Crippen LogP contribution in [0.1, 0.15) is 23.6 Å². The quantitative estimate of drug-likeness (QED) is 0.475. The molecule has 0 aliphatic carbocycles. The molecule has 4 rings (SSSR count). The maximum absolute atomic E-state index is 12.9. The number of hydrogen-bond acceptors (Lipinski definition) is 3. The van der Waals surface area contributed by atoms with Gasteiger partial charge in [-0.15, -0.1) is 0 Å². The maximum Gasteiger partial charge on any atom is 0.146 e. The Balaban J connectivity index is 1.61. The van der Waals surface area contributed by atoms with Gasteiger partial charge in [0, 0.05) is 31.3 Å². The highest BCUT2D eigenvalue weighted by molar-refractivity contribution is 5.67. The van der Waals surface area contributed by atoms with Crippen molar-refractivity contribution in [3.8, 4) is 0 Å². The van der Waals surface area contributed by atoms with Gasteiger partial charge in [-0.05, 0) is 35.8 Å². The molecule has 0 fully saturated rings. The van der Waals surface area contributed by atoms with Gasteiger partial charge in [-0.1, -0.05) is 91.0 Å². The summed E-state index contributed by atoms with van der Waals surface area (Å²) in [6.45, 7) is 2.92. The Morgan fingerprint density at radius 3 is 1.81 bits per heavy atom. The number of carbonyl (C=O) groups excluding carboxylic acids is 1. The molecule has 0 radical (unpaired) electrons. The van der Waals surface area contributed by atoms with Crippen molar-refractivity contribution < 1.29 is 4.79 Å². The van der Waals surface area contributed by atoms with Crippen LogP contribution in [-0.4, -0.2) is 22.8 Å². The first-order valence-corrected chi connectivity index (χ1v) is 11.2. The van der Waals surface area contributed by atoms with Crippen LogP contribution < -0.4 is 5.32 Å². The van der Waals surface area contributed by atoms with Crippen LogP contribution in [-0.2, 0) is 24.2 Å². The van der Waals surface area contributed by atoms with Gasteiger partial charge in [0.25, 0.3) is 0 Å². The zero-order valence-corrected chi connectivity index (χ0v) is 18.5. The number of nitrogens with one attached hydrogen (secondary N) is 1. The standard InChI is InChI=1S/C29H30N2O/c1-24-28(30-22-27-16-9-4-10-17-27)18-11-19-31(24)29(23-32,20-25-12-5-2-6-13-25)21-26-14-7-3-8-15-26/h2-19,23-24,30H,20-22H2,1H3. The van der Waals surface area contributed by atoms with Crippen molar-refractivity contribution in [2.45, 2.75) is 37.9 Å². The van der Waals surface area contributed by atoms with Crippen LogP contribution in [0.3, 0.4) is 0 Å². The fourth-order valence-electron chi connectivity index (χ4n) is 4.49. The molecule has 3 aromatic carbocycles. The number of hydrogen-bond donors (Lipinski definition) is 1. The van der Waals surface area contributed by atoms with Crippen LogP contribution in [0.15, 0.2) is 115 Å². The van der Waals surface area contributed by atoms with Crippen LogP contribution in [0.2, 0.25) is 0 Å². The van der Waals surface area contributed by atoms with E-state index in [2.05, 4.69) is 77.9 Å². The van der Waals surface area contributed by atoms with Crippen molar-refractivity contribution >= 4 is 6.29 Å². The third-order valence-electron chi connectivity index (χ3n) is 6.17. The molecule has 32 heavy (non-hydrogen) atoms. The summed E-state index contributed by atoms with van der Waals surface area (Å²) in [5.74, 6) is 0. The van der Waals surface area contributed by atoms with Crippen LogP contribution in [0.4, 0.5) is 0 Å². The summed E-state index contributed by atoms with van der Waals surface area (Å²) < 4.78 is 0. The topological polar surface area (TPSA) is 32.3 Å². The van der Waals surface area contributed by atoms with Crippen LogP contribution in [0.25, 0.3) is 0 Å². The summed E-state index contributed by atoms with van der Waals surface area (Å²) >= 11 is 0. The molecule has 0 amide bonds. The SMILES string of the molecule is CC1C(NCc2ccccc2)=CC=CN1C(C=O)(Cc1ccccc1)Cc1ccccc1. The molecule has 1 N–H and O–H groups in total. The molecule has 0 bridgehead atoms. The van der Waals surface area contributed by atoms with Gasteiger partial charge in [0.05, 0.1) is 6.04 Å². The number of rotatable bonds is 9. The van der Waals surface area contributed by atoms with Gasteiger partial charge in [0.1, 0.15) is 11.8 Å². The minimum Gasteiger partial charge on any atom is -0.383 e. The molecule has 0 saturated heterocycles. The molecule has 1 aliphatic rings. The van der Waals surface area contributed by atoms with Crippen molar-refractivity contribution in [2.24, 2.45) is 0 Å². The Morgan fingerprint density at radius 1 is 0.812 bits per heavy atom. The molecule has 0 spiro atoms. The van der Waals surface area contributed by atoms with E-state index in [0.29, 0.717) is 12.8 Å². The second-order valence-corrected chi connectivity index (χ2v) is 8.43. The molecule has 0 saturated carbocycles. The smallest absolute Gasteiger partial charge is 0.146 e. The molecule has 0 aromatic heterocycles. The van der Waals surface area contributed by atoms with Gasteiger partial charge >= 0.3 is 0 Å². The lowest BCUT2D eigenvalue weighted by Gasteiger charge is -2.45. The van der Waals surface area contributed by atoms with E-state index in [9.17, 15) is 4.79 Å². The van der Waals surface area contributed by atoms with Gasteiger partial charge in [-0.25, -0.2) is 0 Å². The molecule has 3 heteroatoms. The van der Waals surface area contributed by atoms with E-state index < -0.39 is 5.54 Å². The lowest BCUT2D eigenvalue weighted by Crippen LogP contribution is -2.56. The first kappa shape index (κ1) is 21.6. The number of aldehydes is 1. The van der Waals surface area contributed by atoms with Gasteiger partial charge in [0.15, 0.2) is 0 Å². The van der Waals surface area contributed by atoms with E-state index in [1.165, 1.54) is 5.56 Å². The Kier molecular flexibility index (Phi) is 6.86. The highest BCUT2D eigenvalue weighted by atomic mass is 16.1. The van der Waals surface area contributed by atoms with Crippen molar-refractivity contribution in [3.05, 3.63) is 132 Å². The molecular weight excluding hydrogens is 392 g/mol. The fraction of sp³-hybridized carbons (Fsp3) is 0.207. The zero-order chi connectivity index (χ0) is 22.2. The zero-order valence-electron chi connectivity index (χ0n) is 18.5. The molecular formula is C29H30N2O. The molecule has 1 unspecified atom stereocenters. The van der Waals surface area contributed by atoms with Crippen molar-refractivity contribution in [2.75, 3.05) is 0 Å². The van der Waals surface area contributed by atoms with Gasteiger partial charge < -0.3 is 15.0 Å². The first-order valence-electron chi connectivity index (χ1n) is 11.2. The average Bonchev–Trinajstić information content (AvgIpc) is 2.85. The average molecular weight is 423 g/mol. The van der Waals surface area contributed by atoms with Gasteiger partial charge in [-0.3, -0.25) is 0 Å². The maximum atomic E-state index is 12.9. The highest BCUT2D eigenvalue weighted by Crippen LogP contribution is 2.30. The van der Waals surface area contributed by atoms with Crippen molar-refractivity contribution in [3.63, 3.8) is 0 Å². The number of allylic oxidation sites excluding steroid dienone is 2. The van der Waals surface area contributed by atoms with Gasteiger partial charge in [-0.2, -0.15) is 0 Å². The third-order valence-corrected chi connectivity index (χ3v) is 6.17. The highest BCUT2D eigenvalue weighted by Gasteiger charge is 2.39. The van der Waals surface area contributed by atoms with Crippen molar-refractivity contribution in [1.82, 2.24) is 10.2 Å².